The summed E-state index contributed by atoms with van der Waals surface area (Å²) in [5.41, 5.74) is 1.66. The van der Waals surface area contributed by atoms with Crippen molar-refractivity contribution >= 4 is 75.1 Å². The van der Waals surface area contributed by atoms with Crippen molar-refractivity contribution in [2.45, 2.75) is 28.5 Å². The number of ether oxygens (including phenoxy) is 1. The molecule has 2 aromatic rings. The zero-order valence-electron chi connectivity index (χ0n) is 20.9. The minimum Gasteiger partial charge on any atom is -0.504 e. The number of allylic oxidation sites excluding steroid dienone is 2. The molecule has 2 aliphatic carbocycles. The second-order valence-electron chi connectivity index (χ2n) is 10.4. The molecule has 2 aliphatic heterocycles. The predicted molar refractivity (Wildman–Crippen MR) is 152 cm³/mol. The number of anilines is 1. The third-order valence-corrected chi connectivity index (χ3v) is 10.8. The minimum atomic E-state index is -1.89. The molecule has 39 heavy (non-hydrogen) atoms. The van der Waals surface area contributed by atoms with Gasteiger partial charge in [0, 0.05) is 16.5 Å². The third kappa shape index (κ3) is 3.42. The predicted octanol–water partition coefficient (Wildman–Crippen LogP) is 4.20. The molecule has 3 fully saturated rings. The molecule has 0 spiro atoms. The maximum atomic E-state index is 13.9. The number of amides is 4. The molecule has 2 heterocycles. The van der Waals surface area contributed by atoms with Crippen LogP contribution in [0.15, 0.2) is 54.1 Å². The van der Waals surface area contributed by atoms with Gasteiger partial charge >= 0.3 is 0 Å². The number of halogens is 3. The standard InChI is InChI=1S/C28H23Cl2IN2O6/c1-32-25(37)27(29)12-18-16(22(28(27,30)26(32)38)13-3-10-19(34)20(11-13)39-2)8-9-17-21(18)24(36)33(23(17)35)15-6-4-14(31)5-7-15/h3-8,10-11,17-18,21-22,34H,9,12H2,1-2H3. The second-order valence-corrected chi connectivity index (χ2v) is 12.9. The first kappa shape index (κ1) is 26.6. The van der Waals surface area contributed by atoms with Gasteiger partial charge in [-0.25, -0.2) is 0 Å². The van der Waals surface area contributed by atoms with Gasteiger partial charge in [-0.15, -0.1) is 23.2 Å². The summed E-state index contributed by atoms with van der Waals surface area (Å²) in [4.78, 5) is 53.0. The van der Waals surface area contributed by atoms with E-state index in [4.69, 9.17) is 27.9 Å². The Labute approximate surface area is 248 Å². The Morgan fingerprint density at radius 1 is 1.00 bits per heavy atom. The van der Waals surface area contributed by atoms with Crippen LogP contribution in [-0.4, -0.2) is 57.5 Å². The number of rotatable bonds is 3. The van der Waals surface area contributed by atoms with Gasteiger partial charge in [-0.1, -0.05) is 17.7 Å². The molecule has 4 amide bonds. The van der Waals surface area contributed by atoms with Crippen molar-refractivity contribution in [1.82, 2.24) is 4.90 Å². The molecule has 0 bridgehead atoms. The summed E-state index contributed by atoms with van der Waals surface area (Å²) in [7, 11) is 2.74. The first-order valence-corrected chi connectivity index (χ1v) is 14.2. The molecule has 2 aromatic carbocycles. The molecule has 6 atom stereocenters. The van der Waals surface area contributed by atoms with Crippen molar-refractivity contribution < 1.29 is 29.0 Å². The maximum Gasteiger partial charge on any atom is 0.253 e. The van der Waals surface area contributed by atoms with Gasteiger partial charge in [-0.05, 0) is 83.3 Å². The molecular weight excluding hydrogens is 658 g/mol. The molecule has 0 radical (unpaired) electrons. The van der Waals surface area contributed by atoms with Gasteiger partial charge < -0.3 is 9.84 Å². The van der Waals surface area contributed by atoms with Crippen molar-refractivity contribution in [3.8, 4) is 11.5 Å². The molecular formula is C28H23Cl2IN2O6. The average molecular weight is 681 g/mol. The fourth-order valence-electron chi connectivity index (χ4n) is 6.84. The normalized spacial score (nSPS) is 33.6. The Kier molecular flexibility index (Phi) is 6.09. The largest absolute Gasteiger partial charge is 0.504 e. The van der Waals surface area contributed by atoms with Crippen molar-refractivity contribution in [1.29, 1.82) is 0 Å². The van der Waals surface area contributed by atoms with Gasteiger partial charge in [0.1, 0.15) is 0 Å². The quantitative estimate of drug-likeness (QED) is 0.226. The van der Waals surface area contributed by atoms with Crippen LogP contribution in [0.3, 0.4) is 0 Å². The van der Waals surface area contributed by atoms with E-state index in [0.29, 0.717) is 16.8 Å². The summed E-state index contributed by atoms with van der Waals surface area (Å²) in [6.45, 7) is 0. The topological polar surface area (TPSA) is 104 Å². The molecule has 4 aliphatic rings. The van der Waals surface area contributed by atoms with Crippen molar-refractivity contribution in [3.05, 3.63) is 63.2 Å². The Hall–Kier alpha value is -2.63. The summed E-state index contributed by atoms with van der Waals surface area (Å²) in [5.74, 6) is -4.84. The van der Waals surface area contributed by atoms with Crippen LogP contribution in [0.5, 0.6) is 11.5 Å². The highest BCUT2D eigenvalue weighted by atomic mass is 127. The van der Waals surface area contributed by atoms with Crippen LogP contribution >= 0.6 is 45.8 Å². The van der Waals surface area contributed by atoms with E-state index in [9.17, 15) is 24.3 Å². The molecule has 202 valence electrons. The van der Waals surface area contributed by atoms with E-state index in [1.54, 1.807) is 24.3 Å². The van der Waals surface area contributed by atoms with Crippen LogP contribution in [-0.2, 0) is 19.2 Å². The molecule has 0 aromatic heterocycles. The summed E-state index contributed by atoms with van der Waals surface area (Å²) >= 11 is 16.5. The number of hydrogen-bond acceptors (Lipinski definition) is 6. The fourth-order valence-corrected chi connectivity index (χ4v) is 8.22. The molecule has 11 heteroatoms. The number of phenolic OH excluding ortho intramolecular Hbond substituents is 1. The van der Waals surface area contributed by atoms with Gasteiger partial charge in [0.05, 0.1) is 24.6 Å². The zero-order chi connectivity index (χ0) is 28.0. The van der Waals surface area contributed by atoms with Crippen LogP contribution < -0.4 is 9.64 Å². The van der Waals surface area contributed by atoms with Crippen LogP contribution in [0.4, 0.5) is 5.69 Å². The zero-order valence-corrected chi connectivity index (χ0v) is 24.5. The molecule has 8 nitrogen and oxygen atoms in total. The number of carbonyl (C=O) groups is 4. The number of imide groups is 2. The van der Waals surface area contributed by atoms with Gasteiger partial charge in [0.25, 0.3) is 11.8 Å². The number of fused-ring (bicyclic) bond motifs is 4. The lowest BCUT2D eigenvalue weighted by Crippen LogP contribution is -2.60. The van der Waals surface area contributed by atoms with E-state index in [-0.39, 0.29) is 36.2 Å². The lowest BCUT2D eigenvalue weighted by atomic mass is 9.56. The second kappa shape index (κ2) is 8.94. The summed E-state index contributed by atoms with van der Waals surface area (Å²) < 4.78 is 6.27. The number of carbonyl (C=O) groups excluding carboxylic acids is 4. The average Bonchev–Trinajstić information content (AvgIpc) is 3.24. The Balaban J connectivity index is 1.52. The van der Waals surface area contributed by atoms with Crippen molar-refractivity contribution in [2.75, 3.05) is 19.1 Å². The van der Waals surface area contributed by atoms with Crippen LogP contribution in [0.1, 0.15) is 24.3 Å². The van der Waals surface area contributed by atoms with Crippen LogP contribution in [0, 0.1) is 21.3 Å². The Morgan fingerprint density at radius 2 is 1.69 bits per heavy atom. The van der Waals surface area contributed by atoms with E-state index in [1.807, 2.05) is 18.2 Å². The van der Waals surface area contributed by atoms with E-state index in [2.05, 4.69) is 22.6 Å². The summed E-state index contributed by atoms with van der Waals surface area (Å²) in [6.07, 6.45) is 2.06. The number of methoxy groups -OCH3 is 1. The van der Waals surface area contributed by atoms with E-state index in [0.717, 1.165) is 8.47 Å². The molecule has 1 N–H and O–H groups in total. The first-order chi connectivity index (χ1) is 18.5. The number of hydrogen-bond donors (Lipinski definition) is 1. The highest BCUT2D eigenvalue weighted by Gasteiger charge is 2.75. The highest BCUT2D eigenvalue weighted by Crippen LogP contribution is 2.65. The number of phenols is 1. The maximum absolute atomic E-state index is 13.9. The lowest BCUT2D eigenvalue weighted by Gasteiger charge is -2.50. The smallest absolute Gasteiger partial charge is 0.253 e. The van der Waals surface area contributed by atoms with Crippen LogP contribution in [0.25, 0.3) is 0 Å². The molecule has 6 rings (SSSR count). The number of alkyl halides is 2. The summed E-state index contributed by atoms with van der Waals surface area (Å²) in [6, 6.07) is 11.7. The lowest BCUT2D eigenvalue weighted by molar-refractivity contribution is -0.138. The van der Waals surface area contributed by atoms with E-state index < -0.39 is 45.2 Å². The molecule has 6 unspecified atom stereocenters. The molecule has 2 saturated heterocycles. The highest BCUT2D eigenvalue weighted by molar-refractivity contribution is 14.1. The van der Waals surface area contributed by atoms with Gasteiger partial charge in [-0.2, -0.15) is 0 Å². The van der Waals surface area contributed by atoms with Crippen LogP contribution in [0.2, 0.25) is 0 Å². The minimum absolute atomic E-state index is 0.0781. The number of benzene rings is 2. The third-order valence-electron chi connectivity index (χ3n) is 8.64. The monoisotopic (exact) mass is 680 g/mol. The van der Waals surface area contributed by atoms with Gasteiger partial charge in [0.2, 0.25) is 11.8 Å². The SMILES string of the molecule is COc1cc(C2C3=CCC4C(=O)N(c5ccc(I)cc5)C(=O)C4C3CC3(Cl)C(=O)N(C)C(=O)C23Cl)ccc1O. The van der Waals surface area contributed by atoms with E-state index >= 15 is 0 Å². The number of likely N-dealkylation sites (tertiary alicyclic amines) is 1. The Morgan fingerprint density at radius 3 is 2.36 bits per heavy atom. The van der Waals surface area contributed by atoms with Crippen molar-refractivity contribution in [3.63, 3.8) is 0 Å². The van der Waals surface area contributed by atoms with E-state index in [1.165, 1.54) is 25.1 Å². The first-order valence-electron chi connectivity index (χ1n) is 12.4. The van der Waals surface area contributed by atoms with Gasteiger partial charge in [0.15, 0.2) is 21.2 Å². The van der Waals surface area contributed by atoms with Gasteiger partial charge in [-0.3, -0.25) is 29.0 Å². The molecule has 1 saturated carbocycles. The van der Waals surface area contributed by atoms with Crippen molar-refractivity contribution in [2.24, 2.45) is 17.8 Å². The number of aromatic hydroxyl groups is 1. The number of nitrogens with zero attached hydrogens (tertiary/aromatic N) is 2. The summed E-state index contributed by atoms with van der Waals surface area (Å²) in [5, 5.41) is 10.2. The Bertz CT molecular complexity index is 1500. The fraction of sp³-hybridized carbons (Fsp3) is 0.357.